The number of nitrogens with one attached hydrogen (secondary N) is 2. The number of nitrogens with two attached hydrogens (primary N) is 2. The Kier molecular flexibility index (Phi) is 7.93. The highest BCUT2D eigenvalue weighted by Crippen LogP contribution is 2.17. The predicted octanol–water partition coefficient (Wildman–Crippen LogP) is -4.14. The second-order valence-corrected chi connectivity index (χ2v) is 5.82. The van der Waals surface area contributed by atoms with Gasteiger partial charge in [0.15, 0.2) is 0 Å². The zero-order valence-corrected chi connectivity index (χ0v) is 14.0. The van der Waals surface area contributed by atoms with Gasteiger partial charge in [-0.3, -0.25) is 19.2 Å². The molecule has 0 aromatic heterocycles. The fraction of sp³-hybridized carbons (Fsp3) is 0.643. The first-order valence-electron chi connectivity index (χ1n) is 7.92. The number of carboxylic acids is 1. The Morgan fingerprint density at radius 3 is 2.38 bits per heavy atom. The van der Waals surface area contributed by atoms with Crippen LogP contribution in [0.1, 0.15) is 19.3 Å². The molecule has 12 nitrogen and oxygen atoms in total. The van der Waals surface area contributed by atoms with Gasteiger partial charge < -0.3 is 37.2 Å². The number of aliphatic hydroxyl groups excluding tert-OH is 1. The number of carbonyl (C=O) groups excluding carboxylic acids is 4. The molecule has 3 unspecified atom stereocenters. The summed E-state index contributed by atoms with van der Waals surface area (Å²) in [7, 11) is 0. The number of carbonyl (C=O) groups is 5. The molecule has 1 saturated heterocycles. The minimum Gasteiger partial charge on any atom is -0.480 e. The van der Waals surface area contributed by atoms with Crippen LogP contribution < -0.4 is 22.1 Å². The Morgan fingerprint density at radius 2 is 1.85 bits per heavy atom. The summed E-state index contributed by atoms with van der Waals surface area (Å²) >= 11 is 0. The van der Waals surface area contributed by atoms with Crippen LogP contribution in [0.25, 0.3) is 0 Å². The molecule has 0 aromatic carbocycles. The number of nitrogens with zero attached hydrogens (tertiary/aromatic N) is 1. The molecule has 8 N–H and O–H groups in total. The molecule has 12 heteroatoms. The van der Waals surface area contributed by atoms with Crippen molar-refractivity contribution in [3.8, 4) is 0 Å². The van der Waals surface area contributed by atoms with Gasteiger partial charge in [-0.2, -0.15) is 0 Å². The van der Waals surface area contributed by atoms with E-state index in [9.17, 15) is 24.0 Å². The molecule has 0 spiro atoms. The van der Waals surface area contributed by atoms with Gasteiger partial charge >= 0.3 is 5.97 Å². The monoisotopic (exact) mass is 373 g/mol. The van der Waals surface area contributed by atoms with Crippen molar-refractivity contribution in [1.82, 2.24) is 15.5 Å². The molecule has 1 heterocycles. The normalized spacial score (nSPS) is 18.7. The van der Waals surface area contributed by atoms with Crippen LogP contribution in [0.3, 0.4) is 0 Å². The van der Waals surface area contributed by atoms with Gasteiger partial charge in [0.25, 0.3) is 0 Å². The van der Waals surface area contributed by atoms with Crippen LogP contribution in [0.2, 0.25) is 0 Å². The fourth-order valence-corrected chi connectivity index (χ4v) is 2.48. The molecule has 1 rings (SSSR count). The maximum absolute atomic E-state index is 12.1. The van der Waals surface area contributed by atoms with Crippen molar-refractivity contribution in [1.29, 1.82) is 0 Å². The smallest absolute Gasteiger partial charge is 0.326 e. The molecular weight excluding hydrogens is 350 g/mol. The first-order chi connectivity index (χ1) is 12.2. The van der Waals surface area contributed by atoms with E-state index in [0.717, 1.165) is 4.90 Å². The van der Waals surface area contributed by atoms with Crippen LogP contribution in [0.4, 0.5) is 0 Å². The maximum Gasteiger partial charge on any atom is 0.326 e. The largest absolute Gasteiger partial charge is 0.480 e. The van der Waals surface area contributed by atoms with E-state index < -0.39 is 67.3 Å². The number of carboxylic acid groups (broad SMARTS) is 1. The third kappa shape index (κ3) is 5.97. The predicted molar refractivity (Wildman–Crippen MR) is 86.2 cm³/mol. The Bertz CT molecular complexity index is 582. The van der Waals surface area contributed by atoms with Gasteiger partial charge in [0.05, 0.1) is 19.6 Å². The number of primary amides is 1. The van der Waals surface area contributed by atoms with Gasteiger partial charge in [-0.05, 0) is 12.8 Å². The summed E-state index contributed by atoms with van der Waals surface area (Å²) in [6, 6.07) is -3.61. The molecule has 0 saturated carbocycles. The molecule has 0 aromatic rings. The Balaban J connectivity index is 2.65. The van der Waals surface area contributed by atoms with Crippen LogP contribution in [0.15, 0.2) is 0 Å². The first kappa shape index (κ1) is 21.3. The van der Waals surface area contributed by atoms with Crippen molar-refractivity contribution in [2.45, 2.75) is 37.4 Å². The van der Waals surface area contributed by atoms with Crippen molar-refractivity contribution in [2.75, 3.05) is 19.7 Å². The van der Waals surface area contributed by atoms with Crippen molar-refractivity contribution in [3.63, 3.8) is 0 Å². The highest BCUT2D eigenvalue weighted by Gasteiger charge is 2.34. The zero-order chi connectivity index (χ0) is 19.9. The lowest BCUT2D eigenvalue weighted by atomic mass is 10.1. The van der Waals surface area contributed by atoms with Crippen molar-refractivity contribution in [2.24, 2.45) is 11.5 Å². The van der Waals surface area contributed by atoms with Gasteiger partial charge in [-0.15, -0.1) is 0 Å². The van der Waals surface area contributed by atoms with Crippen LogP contribution in [-0.4, -0.2) is 82.5 Å². The van der Waals surface area contributed by atoms with E-state index in [-0.39, 0.29) is 6.54 Å². The van der Waals surface area contributed by atoms with E-state index in [1.165, 1.54) is 0 Å². The van der Waals surface area contributed by atoms with Crippen LogP contribution in [0.5, 0.6) is 0 Å². The number of hydrogen-bond acceptors (Lipinski definition) is 7. The fourth-order valence-electron chi connectivity index (χ4n) is 2.48. The SMILES string of the molecule is NC(=O)CC(NC(=O)C(N)CO)C(=O)NCC(=O)N1CCCC1C(=O)O. The number of aliphatic hydroxyl groups is 1. The van der Waals surface area contributed by atoms with Crippen LogP contribution in [-0.2, 0) is 24.0 Å². The number of likely N-dealkylation sites (tertiary alicyclic amines) is 1. The second kappa shape index (κ2) is 9.68. The zero-order valence-electron chi connectivity index (χ0n) is 14.0. The van der Waals surface area contributed by atoms with Crippen LogP contribution >= 0.6 is 0 Å². The average Bonchev–Trinajstić information content (AvgIpc) is 3.07. The lowest BCUT2D eigenvalue weighted by Gasteiger charge is -2.23. The third-order valence-electron chi connectivity index (χ3n) is 3.84. The average molecular weight is 373 g/mol. The van der Waals surface area contributed by atoms with E-state index in [1.54, 1.807) is 0 Å². The molecule has 4 amide bonds. The molecule has 1 aliphatic rings. The molecule has 0 radical (unpaired) electrons. The third-order valence-corrected chi connectivity index (χ3v) is 3.84. The number of hydrogen-bond donors (Lipinski definition) is 6. The van der Waals surface area contributed by atoms with E-state index in [2.05, 4.69) is 10.6 Å². The van der Waals surface area contributed by atoms with E-state index >= 15 is 0 Å². The van der Waals surface area contributed by atoms with Gasteiger partial charge in [0.2, 0.25) is 23.6 Å². The van der Waals surface area contributed by atoms with Gasteiger partial charge in [-0.1, -0.05) is 0 Å². The molecule has 0 bridgehead atoms. The summed E-state index contributed by atoms with van der Waals surface area (Å²) in [4.78, 5) is 59.2. The Hall–Kier alpha value is -2.73. The van der Waals surface area contributed by atoms with Crippen LogP contribution in [0, 0.1) is 0 Å². The van der Waals surface area contributed by atoms with Gasteiger partial charge in [0, 0.05) is 6.54 Å². The highest BCUT2D eigenvalue weighted by atomic mass is 16.4. The van der Waals surface area contributed by atoms with Gasteiger partial charge in [0.1, 0.15) is 18.1 Å². The summed E-state index contributed by atoms with van der Waals surface area (Å²) < 4.78 is 0. The highest BCUT2D eigenvalue weighted by molar-refractivity contribution is 5.95. The minimum absolute atomic E-state index is 0.262. The van der Waals surface area contributed by atoms with E-state index in [1.807, 2.05) is 0 Å². The molecular formula is C14H23N5O7. The molecule has 0 aliphatic carbocycles. The Morgan fingerprint density at radius 1 is 1.19 bits per heavy atom. The topological polar surface area (TPSA) is 205 Å². The molecule has 146 valence electrons. The summed E-state index contributed by atoms with van der Waals surface area (Å²) in [5.74, 6) is -4.33. The van der Waals surface area contributed by atoms with Gasteiger partial charge in [-0.25, -0.2) is 4.79 Å². The first-order valence-corrected chi connectivity index (χ1v) is 7.92. The maximum atomic E-state index is 12.1. The second-order valence-electron chi connectivity index (χ2n) is 5.82. The summed E-state index contributed by atoms with van der Waals surface area (Å²) in [5.41, 5.74) is 10.3. The number of rotatable bonds is 9. The Labute approximate surface area is 148 Å². The summed E-state index contributed by atoms with van der Waals surface area (Å²) in [6.07, 6.45) is 0.329. The van der Waals surface area contributed by atoms with E-state index in [4.69, 9.17) is 21.7 Å². The molecule has 26 heavy (non-hydrogen) atoms. The standard InChI is InChI=1S/C14H23N5O7/c15-7(6-20)12(23)18-8(4-10(16)21)13(24)17-5-11(22)19-3-1-2-9(19)14(25)26/h7-9,20H,1-6,15H2,(H2,16,21)(H,17,24)(H,18,23)(H,25,26). The lowest BCUT2D eigenvalue weighted by Crippen LogP contribution is -2.55. The van der Waals surface area contributed by atoms with Crippen molar-refractivity contribution in [3.05, 3.63) is 0 Å². The number of amides is 4. The quantitative estimate of drug-likeness (QED) is 0.233. The molecule has 1 aliphatic heterocycles. The summed E-state index contributed by atoms with van der Waals surface area (Å²) in [6.45, 7) is -0.904. The number of aliphatic carboxylic acids is 1. The molecule has 3 atom stereocenters. The molecule has 1 fully saturated rings. The van der Waals surface area contributed by atoms with E-state index in [0.29, 0.717) is 12.8 Å². The summed E-state index contributed by atoms with van der Waals surface area (Å²) in [5, 5.41) is 22.3. The lowest BCUT2D eigenvalue weighted by molar-refractivity contribution is -0.148. The van der Waals surface area contributed by atoms with Crippen molar-refractivity contribution < 1.29 is 34.2 Å². The minimum atomic E-state index is -1.38. The van der Waals surface area contributed by atoms with Crippen molar-refractivity contribution >= 4 is 29.6 Å².